The fourth-order valence-electron chi connectivity index (χ4n) is 9.33. The van der Waals surface area contributed by atoms with Crippen molar-refractivity contribution in [3.63, 3.8) is 0 Å². The van der Waals surface area contributed by atoms with Crippen LogP contribution in [0.1, 0.15) is 108 Å². The Balaban J connectivity index is 1.56. The standard InChI is InChI=1S/C45H56B3N5O7S3/c1-31(30-62(56,57)58)12-11-24-53-39-21-18-33(29-50)27-37(39)44(4,5)41(53)22-19-35-14-9-13-34(42(35)51(6)63(59,60)45(46,47)48)15-10-16-40-43(2,3)36-26-32(28-49)17-20-38(36)52(40)23-7-8-25-61(54)55/h10,16-22,26-27,31,40H,7-9,11-15,23-25,30H2,1-6H3,(H,54,55)(H,56,57,58)/b16-10+,35-19+,41-22+. The van der Waals surface area contributed by atoms with Gasteiger partial charge in [0.2, 0.25) is 10.0 Å². The van der Waals surface area contributed by atoms with E-state index in [4.69, 9.17) is 23.5 Å². The normalized spacial score (nSPS) is 20.8. The Kier molecular flexibility index (Phi) is 15.5. The molecule has 0 saturated carbocycles. The molecule has 0 aromatic heterocycles. The van der Waals surface area contributed by atoms with Gasteiger partial charge in [0.05, 0.1) is 64.3 Å². The van der Waals surface area contributed by atoms with Crippen LogP contribution in [0.5, 0.6) is 0 Å². The monoisotopic (exact) mass is 907 g/mol. The summed E-state index contributed by atoms with van der Waals surface area (Å²) >= 11 is -1.89. The van der Waals surface area contributed by atoms with Crippen molar-refractivity contribution in [2.75, 3.05) is 41.4 Å². The van der Waals surface area contributed by atoms with Crippen LogP contribution in [0.3, 0.4) is 0 Å². The summed E-state index contributed by atoms with van der Waals surface area (Å²) in [5, 5.41) is 19.5. The van der Waals surface area contributed by atoms with Crippen LogP contribution in [-0.2, 0) is 42.1 Å². The predicted molar refractivity (Wildman–Crippen MR) is 254 cm³/mol. The molecule has 3 aliphatic rings. The first kappa shape index (κ1) is 50.0. The number of anilines is 2. The van der Waals surface area contributed by atoms with Gasteiger partial charge in [0.1, 0.15) is 0 Å². The minimum Gasteiger partial charge on any atom is -0.364 e. The minimum atomic E-state index is -4.48. The van der Waals surface area contributed by atoms with Crippen molar-refractivity contribution in [3.8, 4) is 12.1 Å². The fourth-order valence-corrected chi connectivity index (χ4v) is 11.6. The van der Waals surface area contributed by atoms with Crippen molar-refractivity contribution in [2.24, 2.45) is 5.92 Å². The topological polar surface area (TPSA) is 183 Å². The average Bonchev–Trinajstić information content (AvgIpc) is 3.54. The lowest BCUT2D eigenvalue weighted by Gasteiger charge is -2.36. The molecule has 2 heterocycles. The van der Waals surface area contributed by atoms with Crippen LogP contribution in [0.25, 0.3) is 0 Å². The summed E-state index contributed by atoms with van der Waals surface area (Å²) in [7, 11) is 10.5. The van der Waals surface area contributed by atoms with Crippen molar-refractivity contribution in [1.29, 1.82) is 10.5 Å². The quantitative estimate of drug-likeness (QED) is 0.0543. The molecule has 6 radical (unpaired) electrons. The van der Waals surface area contributed by atoms with Gasteiger partial charge in [-0.05, 0) is 126 Å². The van der Waals surface area contributed by atoms with Crippen molar-refractivity contribution < 1.29 is 30.1 Å². The van der Waals surface area contributed by atoms with Gasteiger partial charge in [-0.15, -0.1) is 0 Å². The van der Waals surface area contributed by atoms with Crippen LogP contribution in [-0.4, -0.2) is 100 Å². The molecule has 18 heteroatoms. The smallest absolute Gasteiger partial charge is 0.265 e. The van der Waals surface area contributed by atoms with Gasteiger partial charge in [-0.25, -0.2) is 12.6 Å². The highest BCUT2D eigenvalue weighted by atomic mass is 32.2. The van der Waals surface area contributed by atoms with Gasteiger partial charge >= 0.3 is 0 Å². The summed E-state index contributed by atoms with van der Waals surface area (Å²) in [6.07, 6.45) is 12.7. The van der Waals surface area contributed by atoms with Gasteiger partial charge in [-0.2, -0.15) is 18.9 Å². The Bertz CT molecular complexity index is 2540. The Hall–Kier alpha value is -4.06. The molecular weight excluding hydrogens is 851 g/mol. The number of nitrogens with zero attached hydrogens (tertiary/aromatic N) is 5. The third-order valence-corrected chi connectivity index (χ3v) is 16.0. The molecule has 0 fully saturated rings. The zero-order valence-corrected chi connectivity index (χ0v) is 39.5. The molecule has 63 heavy (non-hydrogen) atoms. The second kappa shape index (κ2) is 19.6. The lowest BCUT2D eigenvalue weighted by Crippen LogP contribution is -2.48. The number of nitriles is 2. The number of allylic oxidation sites excluding steroid dienone is 6. The first-order valence-electron chi connectivity index (χ1n) is 21.2. The molecule has 0 bridgehead atoms. The van der Waals surface area contributed by atoms with Crippen molar-refractivity contribution >= 4 is 66.1 Å². The Morgan fingerprint density at radius 3 is 2.19 bits per heavy atom. The summed E-state index contributed by atoms with van der Waals surface area (Å²) in [6, 6.07) is 15.6. The van der Waals surface area contributed by atoms with Crippen molar-refractivity contribution in [1.82, 2.24) is 4.31 Å². The molecule has 1 aliphatic carbocycles. The SMILES string of the molecule is [B]C([B])([B])S(=O)(=O)N(C)C1=C(C/C=C/C2N(CCCCS(=O)O)c3ccc(C#N)cc3C2(C)C)CCC/C1=C\C=C1\N(CCCC(C)CS(=O)(=O)O)c2ccc(C#N)cc2C1(C)C. The summed E-state index contributed by atoms with van der Waals surface area (Å²) in [6.45, 7) is 11.3. The van der Waals surface area contributed by atoms with Gasteiger partial charge < -0.3 is 14.4 Å². The summed E-state index contributed by atoms with van der Waals surface area (Å²) < 4.78 is 79.6. The number of unbranched alkanes of at least 4 members (excludes halogenated alkanes) is 1. The van der Waals surface area contributed by atoms with E-state index in [1.54, 1.807) is 19.1 Å². The van der Waals surface area contributed by atoms with E-state index in [1.165, 1.54) is 7.05 Å². The van der Waals surface area contributed by atoms with E-state index in [2.05, 4.69) is 55.7 Å². The highest BCUT2D eigenvalue weighted by Gasteiger charge is 2.44. The first-order chi connectivity index (χ1) is 29.3. The van der Waals surface area contributed by atoms with E-state index in [1.807, 2.05) is 42.5 Å². The molecule has 0 spiro atoms. The fraction of sp³-hybridized carbons (Fsp3) is 0.511. The largest absolute Gasteiger partial charge is 0.364 e. The Labute approximate surface area is 381 Å². The average molecular weight is 908 g/mol. The number of hydrogen-bond donors (Lipinski definition) is 2. The van der Waals surface area contributed by atoms with E-state index >= 15 is 0 Å². The van der Waals surface area contributed by atoms with Gasteiger partial charge in [-0.1, -0.05) is 52.8 Å². The molecule has 12 nitrogen and oxygen atoms in total. The molecule has 0 amide bonds. The second-order valence-electron chi connectivity index (χ2n) is 18.1. The van der Waals surface area contributed by atoms with Crippen LogP contribution < -0.4 is 9.80 Å². The molecule has 3 unspecified atom stereocenters. The molecule has 2 aliphatic heterocycles. The first-order valence-corrected chi connectivity index (χ1v) is 25.5. The highest BCUT2D eigenvalue weighted by molar-refractivity contribution is 7.94. The molecule has 2 N–H and O–H groups in total. The van der Waals surface area contributed by atoms with E-state index < -0.39 is 46.5 Å². The van der Waals surface area contributed by atoms with Gasteiger partial charge in [0.15, 0.2) is 11.1 Å². The second-order valence-corrected chi connectivity index (χ2v) is 22.8. The van der Waals surface area contributed by atoms with E-state index in [-0.39, 0.29) is 23.5 Å². The molecule has 5 rings (SSSR count). The molecule has 2 aromatic rings. The lowest BCUT2D eigenvalue weighted by atomic mass is 9.56. The van der Waals surface area contributed by atoms with Gasteiger partial charge in [0.25, 0.3) is 10.1 Å². The molecule has 3 atom stereocenters. The van der Waals surface area contributed by atoms with Crippen LogP contribution in [0, 0.1) is 28.6 Å². The van der Waals surface area contributed by atoms with E-state index in [0.29, 0.717) is 74.9 Å². The highest BCUT2D eigenvalue weighted by Crippen LogP contribution is 2.49. The van der Waals surface area contributed by atoms with Gasteiger partial charge in [0, 0.05) is 53.8 Å². The molecular formula is C45H56B3N5O7S3. The summed E-state index contributed by atoms with van der Waals surface area (Å²) in [5.74, 6) is -0.432. The Morgan fingerprint density at radius 1 is 0.952 bits per heavy atom. The molecule has 0 saturated heterocycles. The van der Waals surface area contributed by atoms with Gasteiger partial charge in [-0.3, -0.25) is 8.86 Å². The number of sulfonamides is 1. The zero-order valence-electron chi connectivity index (χ0n) is 37.0. The van der Waals surface area contributed by atoms with E-state index in [0.717, 1.165) is 50.1 Å². The number of rotatable bonds is 18. The zero-order chi connectivity index (χ0) is 46.7. The number of benzene rings is 2. The minimum absolute atomic E-state index is 0.144. The van der Waals surface area contributed by atoms with Crippen molar-refractivity contribution in [2.45, 2.75) is 107 Å². The van der Waals surface area contributed by atoms with Crippen LogP contribution in [0.2, 0.25) is 0 Å². The number of likely N-dealkylation sites (N-methyl/N-ethyl adjacent to an activating group) is 1. The maximum absolute atomic E-state index is 13.9. The Morgan fingerprint density at radius 2 is 1.59 bits per heavy atom. The van der Waals surface area contributed by atoms with E-state index in [9.17, 15) is 40.7 Å². The number of hydrogen-bond acceptors (Lipinski definition) is 9. The summed E-state index contributed by atoms with van der Waals surface area (Å²) in [5.41, 5.74) is 6.86. The molecule has 330 valence electrons. The van der Waals surface area contributed by atoms with Crippen LogP contribution >= 0.6 is 0 Å². The predicted octanol–water partition coefficient (Wildman–Crippen LogP) is 6.57. The maximum atomic E-state index is 13.9. The lowest BCUT2D eigenvalue weighted by molar-refractivity contribution is 0.460. The van der Waals surface area contributed by atoms with Crippen LogP contribution in [0.15, 0.2) is 83.2 Å². The third-order valence-electron chi connectivity index (χ3n) is 12.6. The number of fused-ring (bicyclic) bond motifs is 2. The van der Waals surface area contributed by atoms with Crippen molar-refractivity contribution in [3.05, 3.63) is 105 Å². The molecule has 2 aromatic carbocycles. The van der Waals surface area contributed by atoms with Crippen LogP contribution in [0.4, 0.5) is 11.4 Å². The summed E-state index contributed by atoms with van der Waals surface area (Å²) in [4.78, 5) is 4.43. The third kappa shape index (κ3) is 11.1. The maximum Gasteiger partial charge on any atom is 0.265 e.